The van der Waals surface area contributed by atoms with Crippen LogP contribution in [0.3, 0.4) is 0 Å². The first-order chi connectivity index (χ1) is 4.50. The lowest BCUT2D eigenvalue weighted by Gasteiger charge is -1.89. The molecule has 0 aliphatic heterocycles. The number of rotatable bonds is 0. The van der Waals surface area contributed by atoms with Crippen LogP contribution in [0.15, 0.2) is 24.3 Å². The topological polar surface area (TPSA) is 0 Å². The van der Waals surface area contributed by atoms with Gasteiger partial charge in [0, 0.05) is 0 Å². The van der Waals surface area contributed by atoms with Crippen molar-refractivity contribution in [2.24, 2.45) is 0 Å². The van der Waals surface area contributed by atoms with E-state index in [1.54, 1.807) is 0 Å². The maximum absolute atomic E-state index is 2.29. The van der Waals surface area contributed by atoms with Gasteiger partial charge in [-0.1, -0.05) is 24.3 Å². The van der Waals surface area contributed by atoms with Gasteiger partial charge in [0.05, 0.1) is 0 Å². The highest BCUT2D eigenvalue weighted by molar-refractivity contribution is 4.94. The minimum atomic E-state index is 1.14. The molecule has 0 saturated heterocycles. The SMILES string of the molecule is C1=CCCCC/C=C/C1. The molecule has 1 aliphatic rings. The first-order valence-corrected chi connectivity index (χ1v) is 3.80. The van der Waals surface area contributed by atoms with Crippen molar-refractivity contribution in [3.63, 3.8) is 0 Å². The summed E-state index contributed by atoms with van der Waals surface area (Å²) in [6, 6.07) is 0. The maximum atomic E-state index is 2.29. The fourth-order valence-electron chi connectivity index (χ4n) is 1.03. The first-order valence-electron chi connectivity index (χ1n) is 3.80. The molecule has 0 saturated carbocycles. The summed E-state index contributed by atoms with van der Waals surface area (Å²) in [7, 11) is 0. The zero-order valence-corrected chi connectivity index (χ0v) is 5.84. The largest absolute Gasteiger partial charge is 0.0882 e. The van der Waals surface area contributed by atoms with Crippen molar-refractivity contribution in [1.29, 1.82) is 0 Å². The molecule has 0 N–H and O–H groups in total. The van der Waals surface area contributed by atoms with Crippen LogP contribution in [0.5, 0.6) is 0 Å². The van der Waals surface area contributed by atoms with Crippen LogP contribution in [0.2, 0.25) is 0 Å². The van der Waals surface area contributed by atoms with Gasteiger partial charge in [0.2, 0.25) is 0 Å². The van der Waals surface area contributed by atoms with Gasteiger partial charge in [0.15, 0.2) is 0 Å². The van der Waals surface area contributed by atoms with Crippen molar-refractivity contribution < 1.29 is 0 Å². The molecule has 1 aliphatic carbocycles. The molecule has 1 rings (SSSR count). The van der Waals surface area contributed by atoms with Crippen molar-refractivity contribution >= 4 is 0 Å². The number of allylic oxidation sites excluding steroid dienone is 4. The van der Waals surface area contributed by atoms with Gasteiger partial charge in [-0.3, -0.25) is 0 Å². The quantitative estimate of drug-likeness (QED) is 0.433. The summed E-state index contributed by atoms with van der Waals surface area (Å²) in [4.78, 5) is 0. The highest BCUT2D eigenvalue weighted by atomic mass is 13.9. The fourth-order valence-corrected chi connectivity index (χ4v) is 1.03. The van der Waals surface area contributed by atoms with E-state index in [0.717, 1.165) is 6.42 Å². The molecular weight excluding hydrogens is 108 g/mol. The third-order valence-electron chi connectivity index (χ3n) is 1.60. The van der Waals surface area contributed by atoms with Crippen molar-refractivity contribution in [3.8, 4) is 0 Å². The van der Waals surface area contributed by atoms with Crippen LogP contribution in [0.4, 0.5) is 0 Å². The van der Waals surface area contributed by atoms with Gasteiger partial charge >= 0.3 is 0 Å². The Hall–Kier alpha value is -0.520. The standard InChI is InChI=1S/C9H14/c1-2-4-6-8-9-7-5-3-1/h1-2,5,7H,3-4,6,8-9H2/b2-1+,7-5?. The van der Waals surface area contributed by atoms with Crippen molar-refractivity contribution in [1.82, 2.24) is 0 Å². The van der Waals surface area contributed by atoms with E-state index in [0.29, 0.717) is 0 Å². The molecule has 9 heavy (non-hydrogen) atoms. The summed E-state index contributed by atoms with van der Waals surface area (Å²) >= 11 is 0. The number of hydrogen-bond acceptors (Lipinski definition) is 0. The third-order valence-corrected chi connectivity index (χ3v) is 1.60. The van der Waals surface area contributed by atoms with Crippen molar-refractivity contribution in [2.45, 2.75) is 32.1 Å². The van der Waals surface area contributed by atoms with E-state index < -0.39 is 0 Å². The highest BCUT2D eigenvalue weighted by Gasteiger charge is 1.84. The molecule has 0 nitrogen and oxygen atoms in total. The molecule has 0 aromatic heterocycles. The summed E-state index contributed by atoms with van der Waals surface area (Å²) in [6.45, 7) is 0. The zero-order chi connectivity index (χ0) is 6.36. The van der Waals surface area contributed by atoms with E-state index >= 15 is 0 Å². The smallest absolute Gasteiger partial charge is 0.0169 e. The summed E-state index contributed by atoms with van der Waals surface area (Å²) in [5.41, 5.74) is 0. The highest BCUT2D eigenvalue weighted by Crippen LogP contribution is 2.05. The van der Waals surface area contributed by atoms with E-state index in [1.807, 2.05) is 0 Å². The summed E-state index contributed by atoms with van der Waals surface area (Å²) in [5, 5.41) is 0. The van der Waals surface area contributed by atoms with Crippen LogP contribution in [0.25, 0.3) is 0 Å². The monoisotopic (exact) mass is 122 g/mol. The molecule has 0 fully saturated rings. The predicted octanol–water partition coefficient (Wildman–Crippen LogP) is 3.06. The van der Waals surface area contributed by atoms with E-state index in [2.05, 4.69) is 24.3 Å². The van der Waals surface area contributed by atoms with Gasteiger partial charge in [-0.25, -0.2) is 0 Å². The Bertz CT molecular complexity index is 95.2. The normalized spacial score (nSPS) is 24.0. The maximum Gasteiger partial charge on any atom is -0.0169 e. The Morgan fingerprint density at radius 1 is 0.667 bits per heavy atom. The molecule has 0 bridgehead atoms. The van der Waals surface area contributed by atoms with E-state index in [4.69, 9.17) is 0 Å². The molecule has 50 valence electrons. The molecule has 0 heterocycles. The van der Waals surface area contributed by atoms with Gasteiger partial charge in [-0.2, -0.15) is 0 Å². The Balaban J connectivity index is 2.28. The Morgan fingerprint density at radius 3 is 1.78 bits per heavy atom. The third kappa shape index (κ3) is 3.12. The lowest BCUT2D eigenvalue weighted by Crippen LogP contribution is -1.69. The van der Waals surface area contributed by atoms with Crippen LogP contribution < -0.4 is 0 Å². The van der Waals surface area contributed by atoms with Crippen molar-refractivity contribution in [3.05, 3.63) is 24.3 Å². The Morgan fingerprint density at radius 2 is 1.22 bits per heavy atom. The molecule has 0 unspecified atom stereocenters. The molecule has 0 amide bonds. The second kappa shape index (κ2) is 4.37. The average molecular weight is 122 g/mol. The van der Waals surface area contributed by atoms with Crippen LogP contribution in [-0.4, -0.2) is 0 Å². The first kappa shape index (κ1) is 6.60. The summed E-state index contributed by atoms with van der Waals surface area (Å²) < 4.78 is 0. The van der Waals surface area contributed by atoms with Crippen LogP contribution in [0, 0.1) is 0 Å². The van der Waals surface area contributed by atoms with Crippen LogP contribution >= 0.6 is 0 Å². The lowest BCUT2D eigenvalue weighted by molar-refractivity contribution is 0.764. The average Bonchev–Trinajstić information content (AvgIpc) is 2.00. The second-order valence-electron chi connectivity index (χ2n) is 2.46. The number of hydrogen-bond donors (Lipinski definition) is 0. The molecule has 0 aromatic rings. The van der Waals surface area contributed by atoms with Crippen molar-refractivity contribution in [2.75, 3.05) is 0 Å². The summed E-state index contributed by atoms with van der Waals surface area (Å²) in [5.74, 6) is 0. The van der Waals surface area contributed by atoms with Gasteiger partial charge in [-0.15, -0.1) is 0 Å². The predicted molar refractivity (Wildman–Crippen MR) is 41.4 cm³/mol. The van der Waals surface area contributed by atoms with Gasteiger partial charge in [0.25, 0.3) is 0 Å². The second-order valence-corrected chi connectivity index (χ2v) is 2.46. The molecule has 0 heteroatoms. The van der Waals surface area contributed by atoms with E-state index in [1.165, 1.54) is 25.7 Å². The zero-order valence-electron chi connectivity index (χ0n) is 5.84. The van der Waals surface area contributed by atoms with E-state index in [-0.39, 0.29) is 0 Å². The van der Waals surface area contributed by atoms with E-state index in [9.17, 15) is 0 Å². The Labute approximate surface area is 57.3 Å². The molecule has 0 radical (unpaired) electrons. The van der Waals surface area contributed by atoms with Crippen LogP contribution in [-0.2, 0) is 0 Å². The van der Waals surface area contributed by atoms with Gasteiger partial charge in [-0.05, 0) is 32.1 Å². The van der Waals surface area contributed by atoms with Gasteiger partial charge < -0.3 is 0 Å². The Kier molecular flexibility index (Phi) is 3.20. The van der Waals surface area contributed by atoms with Crippen LogP contribution in [0.1, 0.15) is 32.1 Å². The summed E-state index contributed by atoms with van der Waals surface area (Å²) in [6.07, 6.45) is 15.5. The molecular formula is C9H14. The fraction of sp³-hybridized carbons (Fsp3) is 0.556. The molecule has 0 atom stereocenters. The molecule has 0 spiro atoms. The lowest BCUT2D eigenvalue weighted by atomic mass is 10.2. The van der Waals surface area contributed by atoms with Gasteiger partial charge in [0.1, 0.15) is 0 Å². The minimum Gasteiger partial charge on any atom is -0.0882 e. The molecule has 0 aromatic carbocycles. The minimum absolute atomic E-state index is 1.14.